The molecule has 2 amide bonds. The number of carbonyl (C=O) groups excluding carboxylic acids is 2. The summed E-state index contributed by atoms with van der Waals surface area (Å²) in [4.78, 5) is 27.0. The monoisotopic (exact) mass is 406 g/mol. The maximum absolute atomic E-state index is 13.0. The summed E-state index contributed by atoms with van der Waals surface area (Å²) in [6.07, 6.45) is 1.04. The molecule has 0 aliphatic heterocycles. The van der Waals surface area contributed by atoms with Gasteiger partial charge in [-0.2, -0.15) is 0 Å². The van der Waals surface area contributed by atoms with Crippen molar-refractivity contribution in [2.45, 2.75) is 39.3 Å². The van der Waals surface area contributed by atoms with Crippen molar-refractivity contribution in [3.63, 3.8) is 0 Å². The summed E-state index contributed by atoms with van der Waals surface area (Å²) in [5.74, 6) is -0.292. The Hall–Kier alpha value is -2.04. The number of hydrogen-bond donors (Lipinski definition) is 1. The van der Waals surface area contributed by atoms with Crippen molar-refractivity contribution >= 4 is 35.0 Å². The minimum absolute atomic E-state index is 0.128. The number of amides is 2. The molecule has 0 aromatic heterocycles. The highest BCUT2D eigenvalue weighted by Crippen LogP contribution is 2.17. The zero-order chi connectivity index (χ0) is 19.8. The molecule has 0 heterocycles. The normalized spacial score (nSPS) is 11.7. The lowest BCUT2D eigenvalue weighted by atomic mass is 10.1. The average molecular weight is 407 g/mol. The van der Waals surface area contributed by atoms with E-state index in [2.05, 4.69) is 5.32 Å². The Bertz CT molecular complexity index is 778. The van der Waals surface area contributed by atoms with Gasteiger partial charge in [0.2, 0.25) is 11.8 Å². The van der Waals surface area contributed by atoms with Gasteiger partial charge in [-0.1, -0.05) is 54.4 Å². The van der Waals surface area contributed by atoms with Gasteiger partial charge in [-0.3, -0.25) is 9.59 Å². The Morgan fingerprint density at radius 3 is 2.37 bits per heavy atom. The summed E-state index contributed by atoms with van der Waals surface area (Å²) < 4.78 is 0. The quantitative estimate of drug-likeness (QED) is 0.702. The number of benzene rings is 2. The third-order valence-corrected chi connectivity index (χ3v) is 4.71. The van der Waals surface area contributed by atoms with E-state index in [0.29, 0.717) is 23.1 Å². The number of carbonyl (C=O) groups is 2. The second-order valence-corrected chi connectivity index (χ2v) is 7.29. The second kappa shape index (κ2) is 10.3. The minimum Gasteiger partial charge on any atom is -0.354 e. The lowest BCUT2D eigenvalue weighted by molar-refractivity contribution is -0.140. The number of rotatable bonds is 8. The van der Waals surface area contributed by atoms with E-state index in [-0.39, 0.29) is 18.2 Å². The molecule has 0 spiro atoms. The standard InChI is InChI=1S/C21H24Cl2N2O2/c1-3-11-24-21(27)15(2)25(14-17-5-4-6-19(23)12-17)20(26)13-16-7-9-18(22)10-8-16/h4-10,12,15H,3,11,13-14H2,1-2H3,(H,24,27)/t15-/m0/s1. The molecular weight excluding hydrogens is 383 g/mol. The smallest absolute Gasteiger partial charge is 0.242 e. The summed E-state index contributed by atoms with van der Waals surface area (Å²) in [6.45, 7) is 4.63. The lowest BCUT2D eigenvalue weighted by Gasteiger charge is -2.29. The molecule has 144 valence electrons. The topological polar surface area (TPSA) is 49.4 Å². The van der Waals surface area contributed by atoms with E-state index in [0.717, 1.165) is 17.5 Å². The number of hydrogen-bond acceptors (Lipinski definition) is 2. The summed E-state index contributed by atoms with van der Waals surface area (Å²) >= 11 is 12.0. The molecule has 2 rings (SSSR count). The molecule has 4 nitrogen and oxygen atoms in total. The summed E-state index contributed by atoms with van der Waals surface area (Å²) in [6, 6.07) is 13.9. The van der Waals surface area contributed by atoms with Gasteiger partial charge in [-0.25, -0.2) is 0 Å². The predicted octanol–water partition coefficient (Wildman–Crippen LogP) is 4.48. The lowest BCUT2D eigenvalue weighted by Crippen LogP contribution is -2.48. The fourth-order valence-electron chi connectivity index (χ4n) is 2.69. The molecule has 0 aliphatic carbocycles. The Balaban J connectivity index is 2.20. The van der Waals surface area contributed by atoms with Crippen LogP contribution < -0.4 is 5.32 Å². The van der Waals surface area contributed by atoms with Crippen LogP contribution in [-0.4, -0.2) is 29.3 Å². The van der Waals surface area contributed by atoms with E-state index in [4.69, 9.17) is 23.2 Å². The maximum Gasteiger partial charge on any atom is 0.242 e. The van der Waals surface area contributed by atoms with Crippen molar-refractivity contribution in [2.24, 2.45) is 0 Å². The Morgan fingerprint density at radius 2 is 1.74 bits per heavy atom. The molecule has 0 radical (unpaired) electrons. The highest BCUT2D eigenvalue weighted by atomic mass is 35.5. The van der Waals surface area contributed by atoms with Crippen molar-refractivity contribution in [1.82, 2.24) is 10.2 Å². The van der Waals surface area contributed by atoms with Crippen LogP contribution in [0.15, 0.2) is 48.5 Å². The van der Waals surface area contributed by atoms with Crippen molar-refractivity contribution < 1.29 is 9.59 Å². The van der Waals surface area contributed by atoms with Gasteiger partial charge >= 0.3 is 0 Å². The zero-order valence-corrected chi connectivity index (χ0v) is 17.1. The van der Waals surface area contributed by atoms with E-state index in [9.17, 15) is 9.59 Å². The largest absolute Gasteiger partial charge is 0.354 e. The predicted molar refractivity (Wildman–Crippen MR) is 110 cm³/mol. The van der Waals surface area contributed by atoms with Crippen LogP contribution in [0.4, 0.5) is 0 Å². The van der Waals surface area contributed by atoms with Gasteiger partial charge in [0.1, 0.15) is 6.04 Å². The van der Waals surface area contributed by atoms with Crippen molar-refractivity contribution in [3.8, 4) is 0 Å². The second-order valence-electron chi connectivity index (χ2n) is 6.42. The first-order valence-corrected chi connectivity index (χ1v) is 9.72. The fraction of sp³-hybridized carbons (Fsp3) is 0.333. The maximum atomic E-state index is 13.0. The first-order valence-electron chi connectivity index (χ1n) is 8.96. The molecule has 2 aromatic carbocycles. The van der Waals surface area contributed by atoms with Crippen LogP contribution in [0.3, 0.4) is 0 Å². The third-order valence-electron chi connectivity index (χ3n) is 4.23. The van der Waals surface area contributed by atoms with Gasteiger partial charge in [0, 0.05) is 23.1 Å². The average Bonchev–Trinajstić information content (AvgIpc) is 2.65. The molecule has 0 bridgehead atoms. The van der Waals surface area contributed by atoms with Gasteiger partial charge in [0.05, 0.1) is 6.42 Å². The van der Waals surface area contributed by atoms with Crippen LogP contribution in [0.2, 0.25) is 10.0 Å². The fourth-order valence-corrected chi connectivity index (χ4v) is 3.03. The molecule has 1 N–H and O–H groups in total. The molecule has 0 unspecified atom stereocenters. The molecular formula is C21H24Cl2N2O2. The van der Waals surface area contributed by atoms with Crippen LogP contribution in [0.5, 0.6) is 0 Å². The Kier molecular flexibility index (Phi) is 8.14. The highest BCUT2D eigenvalue weighted by molar-refractivity contribution is 6.30. The number of nitrogens with one attached hydrogen (secondary N) is 1. The van der Waals surface area contributed by atoms with E-state index in [1.54, 1.807) is 36.1 Å². The SMILES string of the molecule is CCCNC(=O)[C@H](C)N(Cc1cccc(Cl)c1)C(=O)Cc1ccc(Cl)cc1. The molecule has 2 aromatic rings. The van der Waals surface area contributed by atoms with Crippen molar-refractivity contribution in [2.75, 3.05) is 6.54 Å². The Morgan fingerprint density at radius 1 is 1.04 bits per heavy atom. The van der Waals surface area contributed by atoms with Gasteiger partial charge in [0.25, 0.3) is 0 Å². The minimum atomic E-state index is -0.588. The highest BCUT2D eigenvalue weighted by Gasteiger charge is 2.26. The van der Waals surface area contributed by atoms with Crippen LogP contribution >= 0.6 is 23.2 Å². The van der Waals surface area contributed by atoms with E-state index in [1.165, 1.54) is 0 Å². The van der Waals surface area contributed by atoms with Gasteiger partial charge in [-0.05, 0) is 48.7 Å². The summed E-state index contributed by atoms with van der Waals surface area (Å²) in [7, 11) is 0. The molecule has 0 saturated carbocycles. The van der Waals surface area contributed by atoms with Crippen molar-refractivity contribution in [3.05, 3.63) is 69.7 Å². The van der Waals surface area contributed by atoms with E-state index in [1.807, 2.05) is 31.2 Å². The third kappa shape index (κ3) is 6.56. The number of nitrogens with zero attached hydrogens (tertiary/aromatic N) is 1. The van der Waals surface area contributed by atoms with Gasteiger partial charge < -0.3 is 10.2 Å². The van der Waals surface area contributed by atoms with E-state index >= 15 is 0 Å². The molecule has 6 heteroatoms. The van der Waals surface area contributed by atoms with Gasteiger partial charge in [-0.15, -0.1) is 0 Å². The number of halogens is 2. The van der Waals surface area contributed by atoms with Crippen LogP contribution in [0.25, 0.3) is 0 Å². The summed E-state index contributed by atoms with van der Waals surface area (Å²) in [5, 5.41) is 4.08. The van der Waals surface area contributed by atoms with Crippen LogP contribution in [0, 0.1) is 0 Å². The molecule has 0 saturated heterocycles. The molecule has 0 fully saturated rings. The van der Waals surface area contributed by atoms with E-state index < -0.39 is 6.04 Å². The Labute approximate surface area is 170 Å². The first-order chi connectivity index (χ1) is 12.9. The first kappa shape index (κ1) is 21.3. The van der Waals surface area contributed by atoms with Crippen LogP contribution in [-0.2, 0) is 22.6 Å². The van der Waals surface area contributed by atoms with Crippen LogP contribution in [0.1, 0.15) is 31.4 Å². The van der Waals surface area contributed by atoms with Crippen molar-refractivity contribution in [1.29, 1.82) is 0 Å². The molecule has 27 heavy (non-hydrogen) atoms. The molecule has 0 aliphatic rings. The molecule has 1 atom stereocenters. The summed E-state index contributed by atoms with van der Waals surface area (Å²) in [5.41, 5.74) is 1.73. The van der Waals surface area contributed by atoms with Gasteiger partial charge in [0.15, 0.2) is 0 Å². The zero-order valence-electron chi connectivity index (χ0n) is 15.5.